The maximum atomic E-state index is 12.6. The molecule has 1 aliphatic heterocycles. The highest BCUT2D eigenvalue weighted by Gasteiger charge is 2.22. The first-order valence-electron chi connectivity index (χ1n) is 10.7. The number of thiazole rings is 1. The molecule has 1 fully saturated rings. The first kappa shape index (κ1) is 19.6. The van der Waals surface area contributed by atoms with Crippen LogP contribution < -0.4 is 4.74 Å². The van der Waals surface area contributed by atoms with Crippen molar-refractivity contribution in [2.75, 3.05) is 32.8 Å². The minimum Gasteiger partial charge on any atom is -0.484 e. The van der Waals surface area contributed by atoms with Crippen LogP contribution >= 0.6 is 11.3 Å². The molecule has 6 nitrogen and oxygen atoms in total. The largest absolute Gasteiger partial charge is 0.484 e. The van der Waals surface area contributed by atoms with Crippen molar-refractivity contribution in [1.82, 2.24) is 14.8 Å². The summed E-state index contributed by atoms with van der Waals surface area (Å²) < 4.78 is 11.8. The molecular formula is C23H27N3O3S. The summed E-state index contributed by atoms with van der Waals surface area (Å²) >= 11 is 1.69. The Balaban J connectivity index is 1.15. The van der Waals surface area contributed by atoms with E-state index in [-0.39, 0.29) is 12.5 Å². The number of rotatable bonds is 5. The normalized spacial score (nSPS) is 17.3. The number of hydrogen-bond acceptors (Lipinski definition) is 6. The molecule has 158 valence electrons. The maximum Gasteiger partial charge on any atom is 0.260 e. The third-order valence-electron chi connectivity index (χ3n) is 6.07. The van der Waals surface area contributed by atoms with Gasteiger partial charge in [0.1, 0.15) is 17.1 Å². The van der Waals surface area contributed by atoms with Crippen LogP contribution in [0, 0.1) is 6.92 Å². The third kappa shape index (κ3) is 4.09. The molecule has 3 heterocycles. The molecule has 0 unspecified atom stereocenters. The summed E-state index contributed by atoms with van der Waals surface area (Å²) in [5.74, 6) is 1.91. The van der Waals surface area contributed by atoms with Crippen molar-refractivity contribution in [3.63, 3.8) is 0 Å². The quantitative estimate of drug-likeness (QED) is 0.622. The molecule has 0 bridgehead atoms. The Bertz CT molecular complexity index is 1050. The zero-order valence-electron chi connectivity index (χ0n) is 17.4. The lowest BCUT2D eigenvalue weighted by Crippen LogP contribution is -2.49. The van der Waals surface area contributed by atoms with Crippen LogP contribution in [0.4, 0.5) is 0 Å². The number of carbonyl (C=O) groups excluding carboxylic acids is 1. The number of piperazine rings is 1. The highest BCUT2D eigenvalue weighted by Crippen LogP contribution is 2.33. The molecule has 5 rings (SSSR count). The van der Waals surface area contributed by atoms with E-state index in [9.17, 15) is 4.79 Å². The predicted molar refractivity (Wildman–Crippen MR) is 117 cm³/mol. The van der Waals surface area contributed by atoms with Gasteiger partial charge in [-0.1, -0.05) is 0 Å². The van der Waals surface area contributed by atoms with Crippen molar-refractivity contribution in [2.45, 2.75) is 39.2 Å². The molecule has 1 saturated heterocycles. The number of furan rings is 1. The van der Waals surface area contributed by atoms with Gasteiger partial charge in [-0.15, -0.1) is 11.3 Å². The summed E-state index contributed by atoms with van der Waals surface area (Å²) in [5.41, 5.74) is 3.36. The number of aromatic nitrogens is 1. The second kappa shape index (κ2) is 8.40. The lowest BCUT2D eigenvalue weighted by atomic mass is 9.96. The van der Waals surface area contributed by atoms with Gasteiger partial charge in [0.05, 0.1) is 10.7 Å². The topological polar surface area (TPSA) is 58.8 Å². The molecule has 3 aromatic rings. The lowest BCUT2D eigenvalue weighted by molar-refractivity contribution is -0.135. The van der Waals surface area contributed by atoms with E-state index in [4.69, 9.17) is 9.15 Å². The van der Waals surface area contributed by atoms with Gasteiger partial charge in [0, 0.05) is 55.5 Å². The number of hydrogen-bond donors (Lipinski definition) is 0. The molecule has 1 aliphatic carbocycles. The average Bonchev–Trinajstić information content (AvgIpc) is 3.35. The van der Waals surface area contributed by atoms with Gasteiger partial charge in [0.15, 0.2) is 6.61 Å². The number of amides is 1. The second-order valence-electron chi connectivity index (χ2n) is 8.17. The van der Waals surface area contributed by atoms with Crippen molar-refractivity contribution in [3.05, 3.63) is 45.6 Å². The van der Waals surface area contributed by atoms with E-state index >= 15 is 0 Å². The molecule has 30 heavy (non-hydrogen) atoms. The van der Waals surface area contributed by atoms with Crippen molar-refractivity contribution in [3.8, 4) is 5.75 Å². The minimum absolute atomic E-state index is 0.0495. The number of fused-ring (bicyclic) bond motifs is 3. The summed E-state index contributed by atoms with van der Waals surface area (Å²) in [6, 6.07) is 5.90. The van der Waals surface area contributed by atoms with Crippen LogP contribution in [0.5, 0.6) is 5.75 Å². The Morgan fingerprint density at radius 1 is 1.20 bits per heavy atom. The van der Waals surface area contributed by atoms with Crippen molar-refractivity contribution >= 4 is 28.2 Å². The molecule has 0 spiro atoms. The van der Waals surface area contributed by atoms with E-state index in [2.05, 4.69) is 15.3 Å². The van der Waals surface area contributed by atoms with Gasteiger partial charge in [-0.3, -0.25) is 9.69 Å². The summed E-state index contributed by atoms with van der Waals surface area (Å²) in [5, 5.41) is 4.36. The second-order valence-corrected chi connectivity index (χ2v) is 9.23. The van der Waals surface area contributed by atoms with Crippen molar-refractivity contribution < 1.29 is 13.9 Å². The van der Waals surface area contributed by atoms with E-state index in [1.807, 2.05) is 30.0 Å². The summed E-state index contributed by atoms with van der Waals surface area (Å²) in [7, 11) is 0. The first-order valence-corrected chi connectivity index (χ1v) is 11.6. The van der Waals surface area contributed by atoms with Gasteiger partial charge >= 0.3 is 0 Å². The van der Waals surface area contributed by atoms with Gasteiger partial charge in [-0.05, 0) is 44.4 Å². The molecule has 0 saturated carbocycles. The highest BCUT2D eigenvalue weighted by molar-refractivity contribution is 7.09. The van der Waals surface area contributed by atoms with Gasteiger partial charge in [-0.25, -0.2) is 4.98 Å². The molecule has 0 N–H and O–H groups in total. The van der Waals surface area contributed by atoms with Crippen LogP contribution in [-0.4, -0.2) is 53.5 Å². The smallest absolute Gasteiger partial charge is 0.260 e. The summed E-state index contributed by atoms with van der Waals surface area (Å²) in [6.07, 6.45) is 4.49. The minimum atomic E-state index is 0.0495. The number of ether oxygens (including phenoxy) is 1. The SMILES string of the molecule is Cc1nc(CN2CCN(C(=O)COc3ccc4oc5c(c4c3)CCCC5)CC2)cs1. The highest BCUT2D eigenvalue weighted by atomic mass is 32.1. The molecule has 0 radical (unpaired) electrons. The van der Waals surface area contributed by atoms with E-state index < -0.39 is 0 Å². The molecule has 2 aromatic heterocycles. The zero-order valence-corrected chi connectivity index (χ0v) is 18.2. The Hall–Kier alpha value is -2.38. The average molecular weight is 426 g/mol. The predicted octanol–water partition coefficient (Wildman–Crippen LogP) is 3.80. The number of carbonyl (C=O) groups is 1. The number of nitrogens with zero attached hydrogens (tertiary/aromatic N) is 3. The Morgan fingerprint density at radius 3 is 2.83 bits per heavy atom. The molecular weight excluding hydrogens is 398 g/mol. The van der Waals surface area contributed by atoms with Crippen LogP contribution in [0.2, 0.25) is 0 Å². The fraction of sp³-hybridized carbons (Fsp3) is 0.478. The number of benzene rings is 1. The van der Waals surface area contributed by atoms with Crippen LogP contribution in [0.15, 0.2) is 28.0 Å². The summed E-state index contributed by atoms with van der Waals surface area (Å²) in [4.78, 5) is 21.4. The first-order chi connectivity index (χ1) is 14.7. The monoisotopic (exact) mass is 425 g/mol. The maximum absolute atomic E-state index is 12.6. The molecule has 1 aromatic carbocycles. The summed E-state index contributed by atoms with van der Waals surface area (Å²) in [6.45, 7) is 6.18. The van der Waals surface area contributed by atoms with E-state index in [1.54, 1.807) is 11.3 Å². The Morgan fingerprint density at radius 2 is 2.03 bits per heavy atom. The van der Waals surface area contributed by atoms with Gasteiger partial charge in [0.25, 0.3) is 5.91 Å². The van der Waals surface area contributed by atoms with Gasteiger partial charge < -0.3 is 14.1 Å². The van der Waals surface area contributed by atoms with Crippen molar-refractivity contribution in [1.29, 1.82) is 0 Å². The van der Waals surface area contributed by atoms with Gasteiger partial charge in [-0.2, -0.15) is 0 Å². The fourth-order valence-electron chi connectivity index (χ4n) is 4.43. The van der Waals surface area contributed by atoms with E-state index in [0.29, 0.717) is 0 Å². The van der Waals surface area contributed by atoms with Crippen LogP contribution in [0.3, 0.4) is 0 Å². The standard InChI is InChI=1S/C23H27N3O3S/c1-16-24-17(15-30-16)13-25-8-10-26(11-9-25)23(27)14-28-18-6-7-22-20(12-18)19-4-2-3-5-21(19)29-22/h6-7,12,15H,2-5,8-11,13-14H2,1H3. The fourth-order valence-corrected chi connectivity index (χ4v) is 5.04. The zero-order chi connectivity index (χ0) is 20.5. The van der Waals surface area contributed by atoms with Crippen LogP contribution in [0.1, 0.15) is 34.9 Å². The molecule has 1 amide bonds. The Labute approximate surface area is 180 Å². The van der Waals surface area contributed by atoms with Crippen LogP contribution in [-0.2, 0) is 24.2 Å². The molecule has 0 atom stereocenters. The number of aryl methyl sites for hydroxylation is 3. The van der Waals surface area contributed by atoms with Crippen molar-refractivity contribution in [2.24, 2.45) is 0 Å². The van der Waals surface area contributed by atoms with Gasteiger partial charge in [0.2, 0.25) is 0 Å². The van der Waals surface area contributed by atoms with E-state index in [1.165, 1.54) is 18.4 Å². The lowest BCUT2D eigenvalue weighted by Gasteiger charge is -2.34. The Kier molecular flexibility index (Phi) is 5.48. The third-order valence-corrected chi connectivity index (χ3v) is 6.89. The van der Waals surface area contributed by atoms with E-state index in [0.717, 1.165) is 78.7 Å². The molecule has 2 aliphatic rings. The molecule has 7 heteroatoms. The van der Waals surface area contributed by atoms with Crippen LogP contribution in [0.25, 0.3) is 11.0 Å².